The van der Waals surface area contributed by atoms with E-state index in [1.165, 1.54) is 19.3 Å². The van der Waals surface area contributed by atoms with E-state index >= 15 is 0 Å². The molecular formula is C22H27N3O2S. The number of piperidine rings is 1. The highest BCUT2D eigenvalue weighted by atomic mass is 32.2. The first kappa shape index (κ1) is 19.2. The van der Waals surface area contributed by atoms with E-state index in [0.717, 1.165) is 40.7 Å². The van der Waals surface area contributed by atoms with Gasteiger partial charge in [0.2, 0.25) is 0 Å². The third-order valence-electron chi connectivity index (χ3n) is 5.57. The first-order valence-electron chi connectivity index (χ1n) is 9.99. The van der Waals surface area contributed by atoms with Crippen LogP contribution in [0.5, 0.6) is 0 Å². The molecule has 0 saturated carbocycles. The van der Waals surface area contributed by atoms with Gasteiger partial charge in [0.05, 0.1) is 21.4 Å². The van der Waals surface area contributed by atoms with Gasteiger partial charge in [-0.2, -0.15) is 0 Å². The number of benzene rings is 2. The smallest absolute Gasteiger partial charge is 0.251 e. The van der Waals surface area contributed by atoms with E-state index in [0.29, 0.717) is 18.7 Å². The second-order valence-corrected chi connectivity index (χ2v) is 8.99. The number of hydrogen-bond donors (Lipinski definition) is 1. The Morgan fingerprint density at radius 3 is 2.68 bits per heavy atom. The molecule has 2 aliphatic rings. The van der Waals surface area contributed by atoms with Crippen molar-refractivity contribution in [2.24, 2.45) is 0 Å². The van der Waals surface area contributed by atoms with E-state index in [-0.39, 0.29) is 5.91 Å². The monoisotopic (exact) mass is 397 g/mol. The van der Waals surface area contributed by atoms with Gasteiger partial charge >= 0.3 is 0 Å². The van der Waals surface area contributed by atoms with Crippen molar-refractivity contribution >= 4 is 22.4 Å². The molecular weight excluding hydrogens is 370 g/mol. The maximum atomic E-state index is 13.1. The minimum absolute atomic E-state index is 0.0687. The number of amides is 1. The molecule has 1 amide bonds. The van der Waals surface area contributed by atoms with Crippen LogP contribution >= 0.6 is 0 Å². The average Bonchev–Trinajstić information content (AvgIpc) is 2.83. The molecule has 4 rings (SSSR count). The Hall–Kier alpha value is -2.18. The molecule has 1 saturated heterocycles. The van der Waals surface area contributed by atoms with Crippen molar-refractivity contribution in [1.29, 1.82) is 0 Å². The lowest BCUT2D eigenvalue weighted by Crippen LogP contribution is -2.37. The summed E-state index contributed by atoms with van der Waals surface area (Å²) >= 11 is 0. The molecule has 2 heterocycles. The molecule has 0 spiro atoms. The zero-order chi connectivity index (χ0) is 19.5. The predicted octanol–water partition coefficient (Wildman–Crippen LogP) is 3.02. The standard InChI is InChI=1S/C22H27N3O2S/c1-24-16-18-7-3-4-8-20(18)28(27)21-10-9-17(15-19(21)24)22(26)23-11-14-25-12-5-2-6-13-25/h3-4,7-10,15H,2,5-6,11-14,16H2,1H3,(H,23,26). The molecule has 1 atom stereocenters. The maximum absolute atomic E-state index is 13.1. The number of carbonyl (C=O) groups excluding carboxylic acids is 1. The summed E-state index contributed by atoms with van der Waals surface area (Å²) in [5.74, 6) is -0.0687. The number of likely N-dealkylation sites (tertiary alicyclic amines) is 1. The molecule has 1 N–H and O–H groups in total. The van der Waals surface area contributed by atoms with E-state index in [1.807, 2.05) is 43.4 Å². The van der Waals surface area contributed by atoms with Crippen LogP contribution in [0, 0.1) is 0 Å². The Bertz CT molecular complexity index is 893. The van der Waals surface area contributed by atoms with Crippen LogP contribution in [-0.4, -0.2) is 48.2 Å². The summed E-state index contributed by atoms with van der Waals surface area (Å²) in [6.45, 7) is 4.49. The molecule has 5 nitrogen and oxygen atoms in total. The summed E-state index contributed by atoms with van der Waals surface area (Å²) in [6, 6.07) is 13.3. The number of nitrogens with zero attached hydrogens (tertiary/aromatic N) is 2. The van der Waals surface area contributed by atoms with Crippen molar-refractivity contribution in [2.75, 3.05) is 38.1 Å². The summed E-state index contributed by atoms with van der Waals surface area (Å²) in [4.78, 5) is 18.7. The SMILES string of the molecule is CN1Cc2ccccc2S(=O)c2ccc(C(=O)NCCN3CCCCC3)cc21. The zero-order valence-corrected chi connectivity index (χ0v) is 17.1. The van der Waals surface area contributed by atoms with Crippen LogP contribution in [0.4, 0.5) is 5.69 Å². The Morgan fingerprint density at radius 2 is 1.86 bits per heavy atom. The van der Waals surface area contributed by atoms with Gasteiger partial charge in [0, 0.05) is 37.1 Å². The Labute approximate surface area is 169 Å². The van der Waals surface area contributed by atoms with Gasteiger partial charge in [-0.1, -0.05) is 24.6 Å². The van der Waals surface area contributed by atoms with Crippen molar-refractivity contribution in [3.8, 4) is 0 Å². The largest absolute Gasteiger partial charge is 0.369 e. The number of fused-ring (bicyclic) bond motifs is 2. The lowest BCUT2D eigenvalue weighted by Gasteiger charge is -2.26. The van der Waals surface area contributed by atoms with Gasteiger partial charge in [-0.25, -0.2) is 4.21 Å². The van der Waals surface area contributed by atoms with Crippen LogP contribution in [0.25, 0.3) is 0 Å². The number of rotatable bonds is 4. The van der Waals surface area contributed by atoms with Crippen LogP contribution < -0.4 is 10.2 Å². The average molecular weight is 398 g/mol. The van der Waals surface area contributed by atoms with Crippen molar-refractivity contribution in [3.63, 3.8) is 0 Å². The Kier molecular flexibility index (Phi) is 5.78. The molecule has 2 aliphatic heterocycles. The van der Waals surface area contributed by atoms with Crippen molar-refractivity contribution < 1.29 is 9.00 Å². The fraction of sp³-hybridized carbons (Fsp3) is 0.409. The van der Waals surface area contributed by atoms with Crippen LogP contribution in [0.1, 0.15) is 35.2 Å². The molecule has 0 aliphatic carbocycles. The highest BCUT2D eigenvalue weighted by Crippen LogP contribution is 2.34. The highest BCUT2D eigenvalue weighted by Gasteiger charge is 2.23. The van der Waals surface area contributed by atoms with Crippen molar-refractivity contribution in [3.05, 3.63) is 53.6 Å². The zero-order valence-electron chi connectivity index (χ0n) is 16.3. The predicted molar refractivity (Wildman–Crippen MR) is 112 cm³/mol. The van der Waals surface area contributed by atoms with Crippen LogP contribution in [0.2, 0.25) is 0 Å². The van der Waals surface area contributed by atoms with Gasteiger partial charge in [0.25, 0.3) is 5.91 Å². The highest BCUT2D eigenvalue weighted by molar-refractivity contribution is 7.85. The van der Waals surface area contributed by atoms with Gasteiger partial charge in [0.15, 0.2) is 0 Å². The number of anilines is 1. The van der Waals surface area contributed by atoms with Crippen molar-refractivity contribution in [2.45, 2.75) is 35.6 Å². The molecule has 6 heteroatoms. The molecule has 28 heavy (non-hydrogen) atoms. The lowest BCUT2D eigenvalue weighted by atomic mass is 10.1. The van der Waals surface area contributed by atoms with E-state index in [2.05, 4.69) is 15.1 Å². The summed E-state index contributed by atoms with van der Waals surface area (Å²) in [5, 5.41) is 3.04. The number of carbonyl (C=O) groups is 1. The van der Waals surface area contributed by atoms with E-state index in [1.54, 1.807) is 6.07 Å². The quantitative estimate of drug-likeness (QED) is 0.862. The minimum Gasteiger partial charge on any atom is -0.369 e. The summed E-state index contributed by atoms with van der Waals surface area (Å²) < 4.78 is 13.1. The molecule has 0 radical (unpaired) electrons. The van der Waals surface area contributed by atoms with Gasteiger partial charge in [-0.15, -0.1) is 0 Å². The second kappa shape index (κ2) is 8.45. The summed E-state index contributed by atoms with van der Waals surface area (Å²) in [6.07, 6.45) is 3.83. The van der Waals surface area contributed by atoms with E-state index < -0.39 is 10.8 Å². The third-order valence-corrected chi connectivity index (χ3v) is 7.12. The second-order valence-electron chi connectivity index (χ2n) is 7.57. The summed E-state index contributed by atoms with van der Waals surface area (Å²) in [5.41, 5.74) is 2.54. The number of nitrogens with one attached hydrogen (secondary N) is 1. The first-order valence-corrected chi connectivity index (χ1v) is 11.1. The fourth-order valence-corrected chi connectivity index (χ4v) is 5.41. The van der Waals surface area contributed by atoms with Crippen LogP contribution in [-0.2, 0) is 17.3 Å². The maximum Gasteiger partial charge on any atom is 0.251 e. The molecule has 1 fully saturated rings. The molecule has 2 aromatic rings. The Morgan fingerprint density at radius 1 is 1.07 bits per heavy atom. The minimum atomic E-state index is -1.24. The van der Waals surface area contributed by atoms with Crippen molar-refractivity contribution in [1.82, 2.24) is 10.2 Å². The van der Waals surface area contributed by atoms with Gasteiger partial charge in [0.1, 0.15) is 0 Å². The summed E-state index contributed by atoms with van der Waals surface area (Å²) in [7, 11) is 0.744. The van der Waals surface area contributed by atoms with Gasteiger partial charge in [-0.3, -0.25) is 4.79 Å². The number of hydrogen-bond acceptors (Lipinski definition) is 4. The molecule has 0 bridgehead atoms. The first-order chi connectivity index (χ1) is 13.6. The fourth-order valence-electron chi connectivity index (χ4n) is 4.00. The molecule has 2 aromatic carbocycles. The molecule has 148 valence electrons. The topological polar surface area (TPSA) is 52.7 Å². The molecule has 0 aromatic heterocycles. The van der Waals surface area contributed by atoms with Gasteiger partial charge < -0.3 is 15.1 Å². The van der Waals surface area contributed by atoms with Gasteiger partial charge in [-0.05, 0) is 55.8 Å². The lowest BCUT2D eigenvalue weighted by molar-refractivity contribution is 0.0946. The van der Waals surface area contributed by atoms with Crippen LogP contribution in [0.3, 0.4) is 0 Å². The molecule has 1 unspecified atom stereocenters. The Balaban J connectivity index is 1.48. The van der Waals surface area contributed by atoms with E-state index in [4.69, 9.17) is 0 Å². The van der Waals surface area contributed by atoms with E-state index in [9.17, 15) is 9.00 Å². The normalized spacial score (nSPS) is 19.5. The third kappa shape index (κ3) is 3.98. The van der Waals surface area contributed by atoms with Crippen LogP contribution in [0.15, 0.2) is 52.3 Å².